The van der Waals surface area contributed by atoms with Crippen molar-refractivity contribution in [1.29, 1.82) is 0 Å². The summed E-state index contributed by atoms with van der Waals surface area (Å²) in [5.74, 6) is 0.368. The molecule has 0 aliphatic carbocycles. The van der Waals surface area contributed by atoms with Gasteiger partial charge in [0, 0.05) is 6.42 Å². The monoisotopic (exact) mass is 306 g/mol. The van der Waals surface area contributed by atoms with Gasteiger partial charge in [-0.25, -0.2) is 4.39 Å². The maximum Gasteiger partial charge on any atom is 0.220 e. The van der Waals surface area contributed by atoms with Gasteiger partial charge >= 0.3 is 0 Å². The van der Waals surface area contributed by atoms with Crippen molar-refractivity contribution in [2.45, 2.75) is 45.6 Å². The molecule has 0 bridgehead atoms. The van der Waals surface area contributed by atoms with Crippen LogP contribution in [0.25, 0.3) is 0 Å². The molecular weight excluding hydrogens is 279 g/mol. The molecule has 4 heteroatoms. The fourth-order valence-electron chi connectivity index (χ4n) is 3.14. The second-order valence-corrected chi connectivity index (χ2v) is 6.16. The Kier molecular flexibility index (Phi) is 6.37. The van der Waals surface area contributed by atoms with E-state index in [1.54, 1.807) is 12.1 Å². The minimum absolute atomic E-state index is 0.0242. The minimum Gasteiger partial charge on any atom is -0.349 e. The van der Waals surface area contributed by atoms with Crippen molar-refractivity contribution in [1.82, 2.24) is 10.2 Å². The molecule has 22 heavy (non-hydrogen) atoms. The van der Waals surface area contributed by atoms with Gasteiger partial charge in [-0.05, 0) is 62.5 Å². The average molecular weight is 306 g/mol. The summed E-state index contributed by atoms with van der Waals surface area (Å²) < 4.78 is 13.0. The van der Waals surface area contributed by atoms with Gasteiger partial charge in [0.2, 0.25) is 5.91 Å². The number of nitrogens with one attached hydrogen (secondary N) is 1. The Hall–Kier alpha value is -1.42. The van der Waals surface area contributed by atoms with Gasteiger partial charge in [0.05, 0.1) is 6.04 Å². The van der Waals surface area contributed by atoms with Gasteiger partial charge in [-0.1, -0.05) is 26.0 Å². The molecule has 122 valence electrons. The van der Waals surface area contributed by atoms with E-state index in [2.05, 4.69) is 17.1 Å². The lowest BCUT2D eigenvalue weighted by Crippen LogP contribution is -2.36. The van der Waals surface area contributed by atoms with Gasteiger partial charge < -0.3 is 10.2 Å². The normalized spacial score (nSPS) is 18.1. The quantitative estimate of drug-likeness (QED) is 0.872. The molecule has 1 saturated heterocycles. The zero-order chi connectivity index (χ0) is 15.9. The summed E-state index contributed by atoms with van der Waals surface area (Å²) >= 11 is 0. The topological polar surface area (TPSA) is 32.3 Å². The molecule has 2 rings (SSSR count). The smallest absolute Gasteiger partial charge is 0.220 e. The van der Waals surface area contributed by atoms with E-state index in [-0.39, 0.29) is 17.8 Å². The molecule has 0 radical (unpaired) electrons. The summed E-state index contributed by atoms with van der Waals surface area (Å²) in [6.45, 7) is 7.52. The van der Waals surface area contributed by atoms with Crippen LogP contribution in [0.2, 0.25) is 0 Å². The van der Waals surface area contributed by atoms with E-state index in [1.807, 2.05) is 6.92 Å². The molecule has 1 aliphatic rings. The summed E-state index contributed by atoms with van der Waals surface area (Å²) in [5.41, 5.74) is 0.970. The van der Waals surface area contributed by atoms with E-state index in [1.165, 1.54) is 12.1 Å². The Morgan fingerprint density at radius 1 is 1.27 bits per heavy atom. The Morgan fingerprint density at radius 2 is 1.91 bits per heavy atom. The lowest BCUT2D eigenvalue weighted by atomic mass is 9.93. The van der Waals surface area contributed by atoms with E-state index < -0.39 is 0 Å². The van der Waals surface area contributed by atoms with Crippen LogP contribution < -0.4 is 5.32 Å². The first kappa shape index (κ1) is 16.9. The second kappa shape index (κ2) is 8.28. The Bertz CT molecular complexity index is 466. The molecule has 3 nitrogen and oxygen atoms in total. The molecule has 1 aliphatic heterocycles. The van der Waals surface area contributed by atoms with Crippen molar-refractivity contribution in [3.05, 3.63) is 35.6 Å². The number of hydrogen-bond donors (Lipinski definition) is 1. The maximum absolute atomic E-state index is 13.0. The number of carbonyl (C=O) groups is 1. The van der Waals surface area contributed by atoms with Crippen LogP contribution >= 0.6 is 0 Å². The number of nitrogens with zero attached hydrogens (tertiary/aromatic N) is 1. The van der Waals surface area contributed by atoms with Crippen molar-refractivity contribution >= 4 is 5.91 Å². The molecule has 0 saturated carbocycles. The molecular formula is C18H27FN2O. The van der Waals surface area contributed by atoms with Crippen LogP contribution in [0.3, 0.4) is 0 Å². The lowest BCUT2D eigenvalue weighted by molar-refractivity contribution is -0.123. The van der Waals surface area contributed by atoms with E-state index >= 15 is 0 Å². The van der Waals surface area contributed by atoms with E-state index in [9.17, 15) is 9.18 Å². The molecule has 1 unspecified atom stereocenters. The molecule has 1 amide bonds. The highest BCUT2D eigenvalue weighted by Crippen LogP contribution is 2.22. The number of benzene rings is 1. The zero-order valence-corrected chi connectivity index (χ0v) is 13.6. The van der Waals surface area contributed by atoms with Gasteiger partial charge in [-0.2, -0.15) is 0 Å². The second-order valence-electron chi connectivity index (χ2n) is 6.16. The van der Waals surface area contributed by atoms with Crippen LogP contribution in [-0.2, 0) is 4.79 Å². The third-order valence-corrected chi connectivity index (χ3v) is 4.64. The number of piperidine rings is 1. The zero-order valence-electron chi connectivity index (χ0n) is 13.6. The highest BCUT2D eigenvalue weighted by molar-refractivity contribution is 5.76. The predicted molar refractivity (Wildman–Crippen MR) is 87.0 cm³/mol. The molecule has 0 aromatic heterocycles. The number of likely N-dealkylation sites (tertiary alicyclic amines) is 1. The van der Waals surface area contributed by atoms with Gasteiger partial charge in [0.25, 0.3) is 0 Å². The lowest BCUT2D eigenvalue weighted by Gasteiger charge is -2.31. The van der Waals surface area contributed by atoms with Crippen molar-refractivity contribution in [2.75, 3.05) is 19.6 Å². The highest BCUT2D eigenvalue weighted by Gasteiger charge is 2.22. The van der Waals surface area contributed by atoms with Crippen LogP contribution in [0.5, 0.6) is 0 Å². The summed E-state index contributed by atoms with van der Waals surface area (Å²) in [6.07, 6.45) is 3.63. The number of hydrogen-bond acceptors (Lipinski definition) is 2. The largest absolute Gasteiger partial charge is 0.349 e. The molecule has 1 fully saturated rings. The standard InChI is InChI=1S/C18H27FN2O/c1-3-17(15-5-7-16(19)8-6-15)20-18(22)13-14-9-11-21(4-2)12-10-14/h5-8,14,17H,3-4,9-13H2,1-2H3,(H,20,22). The molecule has 1 atom stereocenters. The summed E-state index contributed by atoms with van der Waals surface area (Å²) in [4.78, 5) is 14.7. The SMILES string of the molecule is CCC(NC(=O)CC1CCN(CC)CC1)c1ccc(F)cc1. The van der Waals surface area contributed by atoms with E-state index in [4.69, 9.17) is 0 Å². The average Bonchev–Trinajstić information content (AvgIpc) is 2.54. The summed E-state index contributed by atoms with van der Waals surface area (Å²) in [5, 5.41) is 3.10. The third-order valence-electron chi connectivity index (χ3n) is 4.64. The fraction of sp³-hybridized carbons (Fsp3) is 0.611. The molecule has 1 aromatic carbocycles. The molecule has 0 spiro atoms. The minimum atomic E-state index is -0.243. The number of carbonyl (C=O) groups excluding carboxylic acids is 1. The first-order valence-corrected chi connectivity index (χ1v) is 8.39. The van der Waals surface area contributed by atoms with Crippen LogP contribution in [-0.4, -0.2) is 30.4 Å². The Labute approximate surface area is 132 Å². The maximum atomic E-state index is 13.0. The van der Waals surface area contributed by atoms with Crippen LogP contribution in [0.1, 0.15) is 51.1 Å². The van der Waals surface area contributed by atoms with Crippen molar-refractivity contribution in [3.63, 3.8) is 0 Å². The Morgan fingerprint density at radius 3 is 2.45 bits per heavy atom. The van der Waals surface area contributed by atoms with Crippen molar-refractivity contribution in [3.8, 4) is 0 Å². The van der Waals surface area contributed by atoms with Crippen molar-refractivity contribution in [2.24, 2.45) is 5.92 Å². The van der Waals surface area contributed by atoms with Gasteiger partial charge in [0.15, 0.2) is 0 Å². The number of halogens is 1. The summed E-state index contributed by atoms with van der Waals surface area (Å²) in [6, 6.07) is 6.38. The number of amides is 1. The first-order valence-electron chi connectivity index (χ1n) is 8.39. The van der Waals surface area contributed by atoms with Gasteiger partial charge in [-0.15, -0.1) is 0 Å². The fourth-order valence-corrected chi connectivity index (χ4v) is 3.14. The van der Waals surface area contributed by atoms with E-state index in [0.29, 0.717) is 12.3 Å². The van der Waals surface area contributed by atoms with Crippen LogP contribution in [0, 0.1) is 11.7 Å². The summed E-state index contributed by atoms with van der Waals surface area (Å²) in [7, 11) is 0. The van der Waals surface area contributed by atoms with E-state index in [0.717, 1.165) is 44.5 Å². The van der Waals surface area contributed by atoms with Gasteiger partial charge in [-0.3, -0.25) is 4.79 Å². The first-order chi connectivity index (χ1) is 10.6. The molecule has 1 N–H and O–H groups in total. The number of rotatable bonds is 6. The Balaban J connectivity index is 1.83. The predicted octanol–water partition coefficient (Wildman–Crippen LogP) is 3.52. The third kappa shape index (κ3) is 4.80. The van der Waals surface area contributed by atoms with Crippen LogP contribution in [0.4, 0.5) is 4.39 Å². The van der Waals surface area contributed by atoms with Crippen molar-refractivity contribution < 1.29 is 9.18 Å². The molecule has 1 heterocycles. The molecule has 1 aromatic rings. The highest BCUT2D eigenvalue weighted by atomic mass is 19.1. The van der Waals surface area contributed by atoms with Gasteiger partial charge in [0.1, 0.15) is 5.82 Å². The van der Waals surface area contributed by atoms with Crippen LogP contribution in [0.15, 0.2) is 24.3 Å².